The molecular formula is C10H18ClNO2. The molecule has 1 rings (SSSR count). The second-order valence-corrected chi connectivity index (χ2v) is 4.90. The Morgan fingerprint density at radius 1 is 1.64 bits per heavy atom. The highest BCUT2D eigenvalue weighted by atomic mass is 35.5. The maximum atomic E-state index is 11.5. The Hall–Kier alpha value is -0.280. The molecule has 1 amide bonds. The first-order valence-electron chi connectivity index (χ1n) is 4.99. The van der Waals surface area contributed by atoms with Crippen molar-refractivity contribution in [1.29, 1.82) is 0 Å². The van der Waals surface area contributed by atoms with E-state index in [9.17, 15) is 9.90 Å². The van der Waals surface area contributed by atoms with Crippen LogP contribution in [0.2, 0.25) is 0 Å². The number of carbonyl (C=O) groups is 1. The lowest BCUT2D eigenvalue weighted by molar-refractivity contribution is -0.128. The molecule has 0 spiro atoms. The van der Waals surface area contributed by atoms with E-state index in [4.69, 9.17) is 11.6 Å². The van der Waals surface area contributed by atoms with Gasteiger partial charge < -0.3 is 10.4 Å². The standard InChI is InChI=1S/C10H18ClNO2/c1-10(2,6-11)9(14)12-5-8(13)7-3-4-7/h7-8,13H,3-6H2,1-2H3,(H,12,14). The third kappa shape index (κ3) is 3.14. The summed E-state index contributed by atoms with van der Waals surface area (Å²) in [5.74, 6) is 0.597. The number of aliphatic hydroxyl groups is 1. The molecule has 0 aliphatic heterocycles. The van der Waals surface area contributed by atoms with Crippen molar-refractivity contribution >= 4 is 17.5 Å². The van der Waals surface area contributed by atoms with Crippen LogP contribution in [0.4, 0.5) is 0 Å². The number of halogens is 1. The topological polar surface area (TPSA) is 49.3 Å². The van der Waals surface area contributed by atoms with Crippen molar-refractivity contribution < 1.29 is 9.90 Å². The molecule has 82 valence electrons. The zero-order valence-electron chi connectivity index (χ0n) is 8.72. The van der Waals surface area contributed by atoms with Crippen molar-refractivity contribution in [3.8, 4) is 0 Å². The summed E-state index contributed by atoms with van der Waals surface area (Å²) in [6.07, 6.45) is 1.77. The van der Waals surface area contributed by atoms with Gasteiger partial charge in [-0.2, -0.15) is 0 Å². The zero-order valence-corrected chi connectivity index (χ0v) is 9.47. The van der Waals surface area contributed by atoms with Gasteiger partial charge in [-0.25, -0.2) is 0 Å². The molecule has 1 unspecified atom stereocenters. The molecule has 1 saturated carbocycles. The molecule has 0 heterocycles. The van der Waals surface area contributed by atoms with E-state index in [1.165, 1.54) is 0 Å². The van der Waals surface area contributed by atoms with Crippen molar-refractivity contribution in [2.45, 2.75) is 32.8 Å². The van der Waals surface area contributed by atoms with Gasteiger partial charge in [-0.05, 0) is 32.6 Å². The minimum Gasteiger partial charge on any atom is -0.391 e. The molecule has 14 heavy (non-hydrogen) atoms. The Balaban J connectivity index is 2.26. The Kier molecular flexibility index (Phi) is 3.78. The van der Waals surface area contributed by atoms with Gasteiger partial charge in [-0.3, -0.25) is 4.79 Å². The lowest BCUT2D eigenvalue weighted by Crippen LogP contribution is -2.42. The molecule has 0 aromatic rings. The number of rotatable bonds is 5. The van der Waals surface area contributed by atoms with E-state index >= 15 is 0 Å². The molecular weight excluding hydrogens is 202 g/mol. The predicted molar refractivity (Wildman–Crippen MR) is 56.2 cm³/mol. The monoisotopic (exact) mass is 219 g/mol. The lowest BCUT2D eigenvalue weighted by atomic mass is 9.95. The summed E-state index contributed by atoms with van der Waals surface area (Å²) >= 11 is 5.65. The lowest BCUT2D eigenvalue weighted by Gasteiger charge is -2.21. The number of hydrogen-bond acceptors (Lipinski definition) is 2. The third-order valence-corrected chi connectivity index (χ3v) is 3.25. The number of hydrogen-bond donors (Lipinski definition) is 2. The molecule has 1 fully saturated rings. The van der Waals surface area contributed by atoms with E-state index < -0.39 is 5.41 Å². The van der Waals surface area contributed by atoms with Crippen LogP contribution in [0.3, 0.4) is 0 Å². The van der Waals surface area contributed by atoms with E-state index in [1.54, 1.807) is 13.8 Å². The van der Waals surface area contributed by atoms with Gasteiger partial charge in [0.1, 0.15) is 0 Å². The minimum absolute atomic E-state index is 0.0906. The molecule has 1 aliphatic rings. The summed E-state index contributed by atoms with van der Waals surface area (Å²) in [4.78, 5) is 11.5. The molecule has 0 bridgehead atoms. The number of amides is 1. The smallest absolute Gasteiger partial charge is 0.226 e. The molecule has 0 aromatic carbocycles. The Labute approximate surface area is 89.8 Å². The van der Waals surface area contributed by atoms with Crippen LogP contribution in [-0.4, -0.2) is 29.5 Å². The number of aliphatic hydroxyl groups excluding tert-OH is 1. The molecule has 1 atom stereocenters. The van der Waals surface area contributed by atoms with E-state index in [0.29, 0.717) is 18.3 Å². The predicted octanol–water partition coefficient (Wildman–Crippen LogP) is 1.14. The molecule has 3 nitrogen and oxygen atoms in total. The van der Waals surface area contributed by atoms with Crippen molar-refractivity contribution in [3.63, 3.8) is 0 Å². The van der Waals surface area contributed by atoms with Gasteiger partial charge in [0, 0.05) is 12.4 Å². The first kappa shape index (κ1) is 11.8. The fourth-order valence-corrected chi connectivity index (χ4v) is 1.27. The van der Waals surface area contributed by atoms with Crippen LogP contribution < -0.4 is 5.32 Å². The van der Waals surface area contributed by atoms with Crippen LogP contribution in [0, 0.1) is 11.3 Å². The van der Waals surface area contributed by atoms with Crippen molar-refractivity contribution in [1.82, 2.24) is 5.32 Å². The first-order valence-corrected chi connectivity index (χ1v) is 5.53. The minimum atomic E-state index is -0.551. The highest BCUT2D eigenvalue weighted by molar-refractivity contribution is 6.19. The molecule has 0 radical (unpaired) electrons. The largest absolute Gasteiger partial charge is 0.391 e. The van der Waals surface area contributed by atoms with E-state index in [1.807, 2.05) is 0 Å². The maximum Gasteiger partial charge on any atom is 0.226 e. The summed E-state index contributed by atoms with van der Waals surface area (Å²) < 4.78 is 0. The van der Waals surface area contributed by atoms with Gasteiger partial charge in [0.15, 0.2) is 0 Å². The average Bonchev–Trinajstić information content (AvgIpc) is 2.96. The summed E-state index contributed by atoms with van der Waals surface area (Å²) in [7, 11) is 0. The quantitative estimate of drug-likeness (QED) is 0.682. The third-order valence-electron chi connectivity index (χ3n) is 2.59. The fraction of sp³-hybridized carbons (Fsp3) is 0.900. The number of carbonyl (C=O) groups excluding carboxylic acids is 1. The highest BCUT2D eigenvalue weighted by Gasteiger charge is 2.31. The first-order chi connectivity index (χ1) is 6.47. The van der Waals surface area contributed by atoms with Gasteiger partial charge >= 0.3 is 0 Å². The van der Waals surface area contributed by atoms with Crippen LogP contribution in [-0.2, 0) is 4.79 Å². The van der Waals surface area contributed by atoms with Gasteiger partial charge in [0.2, 0.25) is 5.91 Å². The summed E-state index contributed by atoms with van der Waals surface area (Å²) in [6, 6.07) is 0. The van der Waals surface area contributed by atoms with Gasteiger partial charge in [0.25, 0.3) is 0 Å². The Morgan fingerprint density at radius 2 is 2.21 bits per heavy atom. The van der Waals surface area contributed by atoms with Crippen LogP contribution in [0.1, 0.15) is 26.7 Å². The normalized spacial score (nSPS) is 19.1. The molecule has 4 heteroatoms. The summed E-state index contributed by atoms with van der Waals surface area (Å²) in [5.41, 5.74) is -0.551. The van der Waals surface area contributed by atoms with Gasteiger partial charge in [-0.15, -0.1) is 11.6 Å². The Bertz CT molecular complexity index is 214. The fourth-order valence-electron chi connectivity index (χ4n) is 1.14. The molecule has 0 aromatic heterocycles. The second-order valence-electron chi connectivity index (χ2n) is 4.63. The zero-order chi connectivity index (χ0) is 10.8. The number of alkyl halides is 1. The van der Waals surface area contributed by atoms with Gasteiger partial charge in [0.05, 0.1) is 11.5 Å². The van der Waals surface area contributed by atoms with E-state index in [-0.39, 0.29) is 12.0 Å². The van der Waals surface area contributed by atoms with Crippen LogP contribution in [0.5, 0.6) is 0 Å². The van der Waals surface area contributed by atoms with Crippen molar-refractivity contribution in [3.05, 3.63) is 0 Å². The van der Waals surface area contributed by atoms with Crippen molar-refractivity contribution in [2.75, 3.05) is 12.4 Å². The average molecular weight is 220 g/mol. The molecule has 2 N–H and O–H groups in total. The van der Waals surface area contributed by atoms with Crippen LogP contribution in [0.25, 0.3) is 0 Å². The van der Waals surface area contributed by atoms with Crippen LogP contribution in [0.15, 0.2) is 0 Å². The summed E-state index contributed by atoms with van der Waals surface area (Å²) in [6.45, 7) is 3.93. The highest BCUT2D eigenvalue weighted by Crippen LogP contribution is 2.32. The van der Waals surface area contributed by atoms with E-state index in [2.05, 4.69) is 5.32 Å². The SMILES string of the molecule is CC(C)(CCl)C(=O)NCC(O)C1CC1. The van der Waals surface area contributed by atoms with E-state index in [0.717, 1.165) is 12.8 Å². The molecule has 1 aliphatic carbocycles. The maximum absolute atomic E-state index is 11.5. The summed E-state index contributed by atoms with van der Waals surface area (Å²) in [5, 5.41) is 12.3. The second kappa shape index (κ2) is 4.49. The number of nitrogens with one attached hydrogen (secondary N) is 1. The molecule has 0 saturated heterocycles. The van der Waals surface area contributed by atoms with Gasteiger partial charge in [-0.1, -0.05) is 0 Å². The Morgan fingerprint density at radius 3 is 2.64 bits per heavy atom. The van der Waals surface area contributed by atoms with Crippen LogP contribution >= 0.6 is 11.6 Å². The van der Waals surface area contributed by atoms with Crippen molar-refractivity contribution in [2.24, 2.45) is 11.3 Å².